The molecular formula is C24H31F2N5O3. The van der Waals surface area contributed by atoms with Crippen LogP contribution in [-0.4, -0.2) is 33.3 Å². The molecule has 3 fully saturated rings. The van der Waals surface area contributed by atoms with Gasteiger partial charge in [-0.1, -0.05) is 20.8 Å². The summed E-state index contributed by atoms with van der Waals surface area (Å²) in [7, 11) is 0. The number of alkyl halides is 2. The number of fused-ring (bicyclic) bond motifs is 2. The SMILES string of the molecule is Cc1cnccc1CNC(=O)Cn1ncc(NC2C[C@@H]3CC([C@H]2C)C3(C)C)c(OC(F)F)c1=O. The molecular weight excluding hydrogens is 444 g/mol. The van der Waals surface area contributed by atoms with E-state index >= 15 is 0 Å². The van der Waals surface area contributed by atoms with Gasteiger partial charge in [0.15, 0.2) is 0 Å². The number of carbonyl (C=O) groups is 1. The monoisotopic (exact) mass is 475 g/mol. The van der Waals surface area contributed by atoms with Crippen molar-refractivity contribution in [2.75, 3.05) is 5.32 Å². The molecule has 1 amide bonds. The highest BCUT2D eigenvalue weighted by Gasteiger charge is 2.56. The Bertz CT molecular complexity index is 1120. The summed E-state index contributed by atoms with van der Waals surface area (Å²) in [5.41, 5.74) is 1.32. The summed E-state index contributed by atoms with van der Waals surface area (Å²) in [6.07, 6.45) is 6.65. The van der Waals surface area contributed by atoms with Crippen molar-refractivity contribution < 1.29 is 18.3 Å². The number of rotatable bonds is 8. The Balaban J connectivity index is 1.48. The molecule has 8 nitrogen and oxygen atoms in total. The normalized spacial score (nSPS) is 24.9. The summed E-state index contributed by atoms with van der Waals surface area (Å²) in [5, 5.41) is 10.00. The summed E-state index contributed by atoms with van der Waals surface area (Å²) in [6.45, 7) is 5.22. The molecule has 0 radical (unpaired) electrons. The fourth-order valence-electron chi connectivity index (χ4n) is 5.52. The minimum Gasteiger partial charge on any atom is -0.427 e. The van der Waals surface area contributed by atoms with Crippen molar-refractivity contribution in [2.24, 2.45) is 23.2 Å². The van der Waals surface area contributed by atoms with Crippen molar-refractivity contribution in [3.05, 3.63) is 46.1 Å². The molecule has 0 aliphatic heterocycles. The Kier molecular flexibility index (Phi) is 6.60. The van der Waals surface area contributed by atoms with Crippen molar-refractivity contribution in [1.82, 2.24) is 20.1 Å². The van der Waals surface area contributed by atoms with Crippen LogP contribution in [0.15, 0.2) is 29.5 Å². The van der Waals surface area contributed by atoms with Crippen LogP contribution in [0.1, 0.15) is 44.7 Å². The van der Waals surface area contributed by atoms with E-state index in [4.69, 9.17) is 0 Å². The Morgan fingerprint density at radius 1 is 1.32 bits per heavy atom. The highest BCUT2D eigenvalue weighted by atomic mass is 19.3. The topological polar surface area (TPSA) is 98.1 Å². The van der Waals surface area contributed by atoms with Crippen LogP contribution in [0.2, 0.25) is 0 Å². The van der Waals surface area contributed by atoms with Crippen LogP contribution in [0.4, 0.5) is 14.5 Å². The summed E-state index contributed by atoms with van der Waals surface area (Å²) in [6, 6.07) is 1.81. The van der Waals surface area contributed by atoms with Gasteiger partial charge in [-0.25, -0.2) is 4.68 Å². The fraction of sp³-hybridized carbons (Fsp3) is 0.583. The number of anilines is 1. The maximum absolute atomic E-state index is 13.1. The summed E-state index contributed by atoms with van der Waals surface area (Å²) in [4.78, 5) is 29.3. The van der Waals surface area contributed by atoms with E-state index in [1.165, 1.54) is 12.6 Å². The van der Waals surface area contributed by atoms with Crippen molar-refractivity contribution in [3.63, 3.8) is 0 Å². The third-order valence-corrected chi connectivity index (χ3v) is 7.81. The predicted octanol–water partition coefficient (Wildman–Crippen LogP) is 3.35. The van der Waals surface area contributed by atoms with Crippen LogP contribution in [0, 0.1) is 30.1 Å². The van der Waals surface area contributed by atoms with E-state index in [9.17, 15) is 18.4 Å². The zero-order chi connectivity index (χ0) is 24.6. The molecule has 2 aromatic rings. The van der Waals surface area contributed by atoms with E-state index in [0.29, 0.717) is 17.8 Å². The van der Waals surface area contributed by atoms with E-state index in [1.807, 2.05) is 6.92 Å². The zero-order valence-electron chi connectivity index (χ0n) is 19.8. The number of hydrogen-bond donors (Lipinski definition) is 2. The van der Waals surface area contributed by atoms with E-state index in [0.717, 1.165) is 22.2 Å². The number of nitrogens with zero attached hydrogens (tertiary/aromatic N) is 3. The number of aryl methyl sites for hydroxylation is 1. The van der Waals surface area contributed by atoms with Gasteiger partial charge in [0.05, 0.1) is 6.20 Å². The summed E-state index contributed by atoms with van der Waals surface area (Å²) < 4.78 is 31.7. The third-order valence-electron chi connectivity index (χ3n) is 7.81. The Morgan fingerprint density at radius 2 is 2.09 bits per heavy atom. The highest BCUT2D eigenvalue weighted by molar-refractivity contribution is 5.75. The molecule has 2 heterocycles. The van der Waals surface area contributed by atoms with Crippen LogP contribution in [0.5, 0.6) is 5.75 Å². The lowest BCUT2D eigenvalue weighted by Crippen LogP contribution is -2.58. The molecule has 2 bridgehead atoms. The number of pyridine rings is 1. The second kappa shape index (κ2) is 9.31. The van der Waals surface area contributed by atoms with Crippen molar-refractivity contribution >= 4 is 11.6 Å². The molecule has 0 aromatic carbocycles. The number of carbonyl (C=O) groups excluding carboxylic acids is 1. The first-order valence-electron chi connectivity index (χ1n) is 11.6. The molecule has 0 saturated heterocycles. The maximum atomic E-state index is 13.1. The molecule has 3 saturated carbocycles. The second-order valence-corrected chi connectivity index (χ2v) is 10.0. The Hall–Kier alpha value is -3.04. The van der Waals surface area contributed by atoms with Crippen molar-refractivity contribution in [2.45, 2.75) is 66.3 Å². The fourth-order valence-corrected chi connectivity index (χ4v) is 5.52. The molecule has 3 aliphatic rings. The largest absolute Gasteiger partial charge is 0.427 e. The van der Waals surface area contributed by atoms with Gasteiger partial charge in [-0.3, -0.25) is 14.6 Å². The predicted molar refractivity (Wildman–Crippen MR) is 123 cm³/mol. The van der Waals surface area contributed by atoms with Crippen LogP contribution in [0.25, 0.3) is 0 Å². The van der Waals surface area contributed by atoms with Gasteiger partial charge in [0.25, 0.3) is 0 Å². The average Bonchev–Trinajstić information content (AvgIpc) is 2.78. The van der Waals surface area contributed by atoms with E-state index in [1.54, 1.807) is 18.5 Å². The summed E-state index contributed by atoms with van der Waals surface area (Å²) in [5.74, 6) is 0.395. The molecule has 4 atom stereocenters. The molecule has 2 unspecified atom stereocenters. The molecule has 34 heavy (non-hydrogen) atoms. The number of ether oxygens (including phenoxy) is 1. The molecule has 3 aliphatic carbocycles. The lowest BCUT2D eigenvalue weighted by molar-refractivity contribution is -0.122. The van der Waals surface area contributed by atoms with E-state index < -0.39 is 30.4 Å². The third kappa shape index (κ3) is 4.63. The first-order chi connectivity index (χ1) is 16.1. The van der Waals surface area contributed by atoms with E-state index in [2.05, 4.69) is 46.2 Å². The van der Waals surface area contributed by atoms with Crippen molar-refractivity contribution in [1.29, 1.82) is 0 Å². The molecule has 2 aromatic heterocycles. The van der Waals surface area contributed by atoms with Gasteiger partial charge < -0.3 is 15.4 Å². The van der Waals surface area contributed by atoms with Gasteiger partial charge in [-0.05, 0) is 60.1 Å². The number of amides is 1. The first-order valence-corrected chi connectivity index (χ1v) is 11.6. The minimum atomic E-state index is -3.18. The molecule has 2 N–H and O–H groups in total. The second-order valence-electron chi connectivity index (χ2n) is 10.0. The zero-order valence-corrected chi connectivity index (χ0v) is 19.8. The van der Waals surface area contributed by atoms with Gasteiger partial charge >= 0.3 is 12.2 Å². The van der Waals surface area contributed by atoms with Gasteiger partial charge in [-0.2, -0.15) is 13.9 Å². The molecule has 184 valence electrons. The van der Waals surface area contributed by atoms with E-state index in [-0.39, 0.29) is 23.7 Å². The number of nitrogens with one attached hydrogen (secondary N) is 2. The van der Waals surface area contributed by atoms with Crippen LogP contribution in [-0.2, 0) is 17.9 Å². The number of halogens is 2. The first kappa shape index (κ1) is 24.1. The quantitative estimate of drug-likeness (QED) is 0.608. The number of aromatic nitrogens is 3. The lowest BCUT2D eigenvalue weighted by atomic mass is 9.45. The Morgan fingerprint density at radius 3 is 2.74 bits per heavy atom. The maximum Gasteiger partial charge on any atom is 0.387 e. The minimum absolute atomic E-state index is 0.0285. The van der Waals surface area contributed by atoms with Crippen LogP contribution in [0.3, 0.4) is 0 Å². The molecule has 5 rings (SSSR count). The molecule has 10 heteroatoms. The highest BCUT2D eigenvalue weighted by Crippen LogP contribution is 2.61. The Labute approximate surface area is 197 Å². The summed E-state index contributed by atoms with van der Waals surface area (Å²) >= 11 is 0. The van der Waals surface area contributed by atoms with Gasteiger partial charge in [-0.15, -0.1) is 0 Å². The van der Waals surface area contributed by atoms with Crippen LogP contribution >= 0.6 is 0 Å². The number of hydrogen-bond acceptors (Lipinski definition) is 6. The van der Waals surface area contributed by atoms with Crippen molar-refractivity contribution in [3.8, 4) is 5.75 Å². The standard InChI is InChI=1S/C24H31F2N5O3/c1-13-9-27-6-5-15(13)10-28-20(32)12-31-22(33)21(34-23(25)26)19(11-29-31)30-18-8-16-7-17(14(18)2)24(16,3)4/h5-6,9,11,14,16-18,23,30H,7-8,10,12H2,1-4H3,(H,28,32)/t14-,16+,17?,18?/m1/s1. The molecule has 0 spiro atoms. The average molecular weight is 476 g/mol. The van der Waals surface area contributed by atoms with Gasteiger partial charge in [0.2, 0.25) is 11.7 Å². The van der Waals surface area contributed by atoms with Gasteiger partial charge in [0, 0.05) is 25.0 Å². The van der Waals surface area contributed by atoms with Gasteiger partial charge in [0.1, 0.15) is 12.2 Å². The van der Waals surface area contributed by atoms with Crippen LogP contribution < -0.4 is 20.9 Å². The lowest BCUT2D eigenvalue weighted by Gasteiger charge is -2.62. The smallest absolute Gasteiger partial charge is 0.387 e.